The molecule has 4 rings (SSSR count). The van der Waals surface area contributed by atoms with E-state index in [-0.39, 0.29) is 5.56 Å². The van der Waals surface area contributed by atoms with Crippen LogP contribution in [-0.4, -0.2) is 9.55 Å². The lowest BCUT2D eigenvalue weighted by atomic mass is 9.97. The van der Waals surface area contributed by atoms with E-state index in [0.29, 0.717) is 16.6 Å². The summed E-state index contributed by atoms with van der Waals surface area (Å²) >= 11 is 13.9. The summed E-state index contributed by atoms with van der Waals surface area (Å²) in [6, 6.07) is 5.36. The summed E-state index contributed by atoms with van der Waals surface area (Å²) in [6.07, 6.45) is 4.40. The van der Waals surface area contributed by atoms with Crippen molar-refractivity contribution >= 4 is 44.8 Å². The molecule has 0 spiro atoms. The van der Waals surface area contributed by atoms with E-state index in [1.54, 1.807) is 28.0 Å². The number of halogens is 2. The summed E-state index contributed by atoms with van der Waals surface area (Å²) in [6.45, 7) is 2.29. The van der Waals surface area contributed by atoms with Gasteiger partial charge in [0.2, 0.25) is 0 Å². The maximum Gasteiger partial charge on any atom is 0.262 e. The Morgan fingerprint density at radius 1 is 1.25 bits per heavy atom. The average molecular weight is 379 g/mol. The Morgan fingerprint density at radius 3 is 2.83 bits per heavy atom. The van der Waals surface area contributed by atoms with Gasteiger partial charge in [0.05, 0.1) is 11.9 Å². The fraction of sp³-hybridized carbons (Fsp3) is 0.333. The number of hydrogen-bond donors (Lipinski definition) is 0. The highest BCUT2D eigenvalue weighted by molar-refractivity contribution is 7.18. The van der Waals surface area contributed by atoms with Gasteiger partial charge in [-0.3, -0.25) is 9.36 Å². The van der Waals surface area contributed by atoms with Crippen LogP contribution in [0, 0.1) is 6.92 Å². The van der Waals surface area contributed by atoms with Crippen LogP contribution in [0.15, 0.2) is 23.0 Å². The van der Waals surface area contributed by atoms with Gasteiger partial charge < -0.3 is 0 Å². The first-order valence-corrected chi connectivity index (χ1v) is 9.57. The first-order valence-electron chi connectivity index (χ1n) is 8.00. The number of aryl methyl sites for hydroxylation is 3. The monoisotopic (exact) mass is 378 g/mol. The van der Waals surface area contributed by atoms with Crippen molar-refractivity contribution in [2.75, 3.05) is 0 Å². The lowest BCUT2D eigenvalue weighted by Crippen LogP contribution is -2.25. The van der Waals surface area contributed by atoms with E-state index < -0.39 is 0 Å². The SMILES string of the molecule is Cc1nc2sc3c(c2c(=O)n1Cc1ccc(Cl)cc1Cl)CCCC3. The molecule has 0 amide bonds. The first-order chi connectivity index (χ1) is 11.5. The minimum Gasteiger partial charge on any atom is -0.292 e. The van der Waals surface area contributed by atoms with Gasteiger partial charge in [0.15, 0.2) is 0 Å². The quantitative estimate of drug-likeness (QED) is 0.628. The topological polar surface area (TPSA) is 34.9 Å². The molecule has 2 aromatic heterocycles. The van der Waals surface area contributed by atoms with Crippen molar-refractivity contribution in [3.05, 3.63) is 60.4 Å². The number of fused-ring (bicyclic) bond motifs is 3. The van der Waals surface area contributed by atoms with Crippen LogP contribution in [0.3, 0.4) is 0 Å². The van der Waals surface area contributed by atoms with E-state index in [1.165, 1.54) is 16.9 Å². The van der Waals surface area contributed by atoms with E-state index >= 15 is 0 Å². The van der Waals surface area contributed by atoms with Crippen molar-refractivity contribution in [3.8, 4) is 0 Å². The van der Waals surface area contributed by atoms with Crippen LogP contribution in [-0.2, 0) is 19.4 Å². The lowest BCUT2D eigenvalue weighted by molar-refractivity contribution is 0.693. The number of aromatic nitrogens is 2. The second kappa shape index (κ2) is 6.17. The molecule has 124 valence electrons. The summed E-state index contributed by atoms with van der Waals surface area (Å²) in [5.74, 6) is 0.720. The van der Waals surface area contributed by atoms with Crippen LogP contribution in [0.1, 0.15) is 34.7 Å². The zero-order valence-corrected chi connectivity index (χ0v) is 15.6. The van der Waals surface area contributed by atoms with Crippen molar-refractivity contribution in [2.24, 2.45) is 0 Å². The van der Waals surface area contributed by atoms with Crippen LogP contribution in [0.4, 0.5) is 0 Å². The molecule has 3 aromatic rings. The van der Waals surface area contributed by atoms with Gasteiger partial charge in [0, 0.05) is 14.9 Å². The van der Waals surface area contributed by atoms with Crippen LogP contribution < -0.4 is 5.56 Å². The Kier molecular flexibility index (Phi) is 4.15. The zero-order chi connectivity index (χ0) is 16.8. The van der Waals surface area contributed by atoms with Crippen LogP contribution >= 0.6 is 34.5 Å². The third-order valence-electron chi connectivity index (χ3n) is 4.61. The Hall–Kier alpha value is -1.36. The predicted molar refractivity (Wildman–Crippen MR) is 101 cm³/mol. The maximum absolute atomic E-state index is 13.1. The Bertz CT molecular complexity index is 1010. The molecular formula is C18H16Cl2N2OS. The number of nitrogens with zero attached hydrogens (tertiary/aromatic N) is 2. The molecule has 2 heterocycles. The molecule has 0 unspecified atom stereocenters. The summed E-state index contributed by atoms with van der Waals surface area (Å²) in [4.78, 5) is 20.0. The van der Waals surface area contributed by atoms with Gasteiger partial charge in [-0.05, 0) is 55.9 Å². The molecule has 0 atom stereocenters. The Balaban J connectivity index is 1.87. The highest BCUT2D eigenvalue weighted by atomic mass is 35.5. The zero-order valence-electron chi connectivity index (χ0n) is 13.2. The molecule has 0 N–H and O–H groups in total. The largest absolute Gasteiger partial charge is 0.292 e. The summed E-state index contributed by atoms with van der Waals surface area (Å²) in [5, 5.41) is 1.97. The molecule has 24 heavy (non-hydrogen) atoms. The molecule has 1 aliphatic carbocycles. The Morgan fingerprint density at radius 2 is 2.04 bits per heavy atom. The van der Waals surface area contributed by atoms with Gasteiger partial charge in [-0.1, -0.05) is 29.3 Å². The van der Waals surface area contributed by atoms with Crippen LogP contribution in [0.25, 0.3) is 10.2 Å². The molecule has 6 heteroatoms. The highest BCUT2D eigenvalue weighted by Gasteiger charge is 2.21. The van der Waals surface area contributed by atoms with Gasteiger partial charge in [0.1, 0.15) is 10.7 Å². The molecular weight excluding hydrogens is 363 g/mol. The molecule has 0 aliphatic heterocycles. The van der Waals surface area contributed by atoms with E-state index in [0.717, 1.165) is 40.9 Å². The number of rotatable bonds is 2. The van der Waals surface area contributed by atoms with Gasteiger partial charge >= 0.3 is 0 Å². The summed E-state index contributed by atoms with van der Waals surface area (Å²) in [7, 11) is 0. The molecule has 1 aromatic carbocycles. The van der Waals surface area contributed by atoms with Crippen molar-refractivity contribution in [2.45, 2.75) is 39.2 Å². The molecule has 0 radical (unpaired) electrons. The van der Waals surface area contributed by atoms with Crippen LogP contribution in [0.5, 0.6) is 0 Å². The lowest BCUT2D eigenvalue weighted by Gasteiger charge is -2.13. The second-order valence-corrected chi connectivity index (χ2v) is 8.10. The van der Waals surface area contributed by atoms with Crippen molar-refractivity contribution in [3.63, 3.8) is 0 Å². The molecule has 0 bridgehead atoms. The van der Waals surface area contributed by atoms with E-state index in [9.17, 15) is 4.79 Å². The van der Waals surface area contributed by atoms with Gasteiger partial charge in [-0.2, -0.15) is 0 Å². The second-order valence-electron chi connectivity index (χ2n) is 6.18. The summed E-state index contributed by atoms with van der Waals surface area (Å²) in [5.41, 5.74) is 2.13. The van der Waals surface area contributed by atoms with Crippen molar-refractivity contribution < 1.29 is 0 Å². The number of benzene rings is 1. The van der Waals surface area contributed by atoms with E-state index in [1.807, 2.05) is 13.0 Å². The number of thiophene rings is 1. The fourth-order valence-corrected chi connectivity index (χ4v) is 5.11. The smallest absolute Gasteiger partial charge is 0.262 e. The molecule has 1 aliphatic rings. The van der Waals surface area contributed by atoms with E-state index in [2.05, 4.69) is 0 Å². The third kappa shape index (κ3) is 2.67. The minimum absolute atomic E-state index is 0.0444. The average Bonchev–Trinajstić information content (AvgIpc) is 2.91. The number of hydrogen-bond acceptors (Lipinski definition) is 3. The highest BCUT2D eigenvalue weighted by Crippen LogP contribution is 2.34. The van der Waals surface area contributed by atoms with Crippen LogP contribution in [0.2, 0.25) is 10.0 Å². The first kappa shape index (κ1) is 16.1. The molecule has 3 nitrogen and oxygen atoms in total. The van der Waals surface area contributed by atoms with Gasteiger partial charge in [0.25, 0.3) is 5.56 Å². The third-order valence-corrected chi connectivity index (χ3v) is 6.38. The fourth-order valence-electron chi connectivity index (χ4n) is 3.35. The normalized spacial score (nSPS) is 14.1. The minimum atomic E-state index is 0.0444. The van der Waals surface area contributed by atoms with Gasteiger partial charge in [-0.15, -0.1) is 11.3 Å². The Labute approximate surface area is 153 Å². The molecule has 0 saturated carbocycles. The molecule has 0 saturated heterocycles. The molecule has 0 fully saturated rings. The maximum atomic E-state index is 13.1. The summed E-state index contributed by atoms with van der Waals surface area (Å²) < 4.78 is 1.72. The van der Waals surface area contributed by atoms with Crippen molar-refractivity contribution in [1.82, 2.24) is 9.55 Å². The van der Waals surface area contributed by atoms with Gasteiger partial charge in [-0.25, -0.2) is 4.98 Å². The van der Waals surface area contributed by atoms with Crippen molar-refractivity contribution in [1.29, 1.82) is 0 Å². The predicted octanol–water partition coefficient (Wildman–Crippen LogP) is 5.00. The standard InChI is InChI=1S/C18H16Cl2N2OS/c1-10-21-17-16(13-4-2-3-5-15(13)24-17)18(23)22(10)9-11-6-7-12(19)8-14(11)20/h6-8H,2-5,9H2,1H3. The van der Waals surface area contributed by atoms with E-state index in [4.69, 9.17) is 28.2 Å².